The summed E-state index contributed by atoms with van der Waals surface area (Å²) >= 11 is 0. The monoisotopic (exact) mass is 286 g/mol. The number of alkyl halides is 3. The summed E-state index contributed by atoms with van der Waals surface area (Å²) in [5.41, 5.74) is 4.23. The van der Waals surface area contributed by atoms with E-state index in [0.29, 0.717) is 6.42 Å². The number of halogens is 3. The van der Waals surface area contributed by atoms with Gasteiger partial charge in [0.25, 0.3) is 0 Å². The Morgan fingerprint density at radius 3 is 2.45 bits per heavy atom. The van der Waals surface area contributed by atoms with E-state index in [1.807, 2.05) is 31.2 Å². The van der Waals surface area contributed by atoms with Crippen LogP contribution in [0.3, 0.4) is 0 Å². The van der Waals surface area contributed by atoms with Gasteiger partial charge < -0.3 is 0 Å². The first kappa shape index (κ1) is 14.8. The van der Waals surface area contributed by atoms with Crippen molar-refractivity contribution in [3.63, 3.8) is 0 Å². The highest BCUT2D eigenvalue weighted by Crippen LogP contribution is 2.28. The molecule has 1 N–H and O–H groups in total. The van der Waals surface area contributed by atoms with Crippen LogP contribution in [0.25, 0.3) is 0 Å². The molecule has 20 heavy (non-hydrogen) atoms. The van der Waals surface area contributed by atoms with E-state index in [9.17, 15) is 18.0 Å². The number of hydrazine groups is 1. The van der Waals surface area contributed by atoms with Gasteiger partial charge in [0.05, 0.1) is 0 Å². The van der Waals surface area contributed by atoms with Crippen LogP contribution in [0.15, 0.2) is 24.3 Å². The van der Waals surface area contributed by atoms with Crippen molar-refractivity contribution in [1.82, 2.24) is 10.4 Å². The highest BCUT2D eigenvalue weighted by Gasteiger charge is 2.45. The second kappa shape index (κ2) is 5.83. The maximum absolute atomic E-state index is 13.1. The van der Waals surface area contributed by atoms with Crippen LogP contribution >= 0.6 is 0 Å². The predicted molar refractivity (Wildman–Crippen MR) is 68.8 cm³/mol. The average molecular weight is 286 g/mol. The molecular formula is C14H17F3N2O. The van der Waals surface area contributed by atoms with Crippen LogP contribution in [0.2, 0.25) is 0 Å². The lowest BCUT2D eigenvalue weighted by Crippen LogP contribution is -2.50. The van der Waals surface area contributed by atoms with Gasteiger partial charge in [-0.05, 0) is 25.3 Å². The van der Waals surface area contributed by atoms with E-state index >= 15 is 0 Å². The first-order valence-corrected chi connectivity index (χ1v) is 6.54. The van der Waals surface area contributed by atoms with Gasteiger partial charge in [0.2, 0.25) is 5.91 Å². The molecule has 3 nitrogen and oxygen atoms in total. The molecule has 0 bridgehead atoms. The Kier molecular flexibility index (Phi) is 4.32. The molecule has 110 valence electrons. The Balaban J connectivity index is 2.01. The smallest absolute Gasteiger partial charge is 0.288 e. The van der Waals surface area contributed by atoms with E-state index in [0.717, 1.165) is 16.1 Å². The predicted octanol–water partition coefficient (Wildman–Crippen LogP) is 2.60. The van der Waals surface area contributed by atoms with Crippen molar-refractivity contribution in [2.24, 2.45) is 0 Å². The normalized spacial score (nSPS) is 18.1. The molecule has 0 aromatic heterocycles. The van der Waals surface area contributed by atoms with Crippen molar-refractivity contribution in [2.75, 3.05) is 6.54 Å². The number of benzene rings is 1. The van der Waals surface area contributed by atoms with Gasteiger partial charge in [-0.25, -0.2) is 5.01 Å². The zero-order valence-electron chi connectivity index (χ0n) is 11.2. The lowest BCUT2D eigenvalue weighted by atomic mass is 10.0. The lowest BCUT2D eigenvalue weighted by Gasteiger charge is -2.28. The van der Waals surface area contributed by atoms with Gasteiger partial charge in [0.1, 0.15) is 6.04 Å². The van der Waals surface area contributed by atoms with Crippen LogP contribution in [0.4, 0.5) is 13.2 Å². The van der Waals surface area contributed by atoms with E-state index < -0.39 is 12.2 Å². The zero-order chi connectivity index (χ0) is 14.8. The maximum atomic E-state index is 13.1. The number of amides is 1. The standard InChI is InChI=1S/C14H17F3N2O/c1-10-2-4-11(5-3-10)6-7-12(14(15,16)17)19-9-8-13(20)18-19/h2-5,12H,6-9H2,1H3,(H,18,20). The third-order valence-electron chi connectivity index (χ3n) is 3.43. The summed E-state index contributed by atoms with van der Waals surface area (Å²) in [6, 6.07) is 5.82. The van der Waals surface area contributed by atoms with Gasteiger partial charge in [-0.15, -0.1) is 0 Å². The van der Waals surface area contributed by atoms with Crippen LogP contribution in [-0.2, 0) is 11.2 Å². The number of nitrogens with one attached hydrogen (secondary N) is 1. The summed E-state index contributed by atoms with van der Waals surface area (Å²) < 4.78 is 39.2. The minimum Gasteiger partial charge on any atom is -0.288 e. The molecule has 1 unspecified atom stereocenters. The Hall–Kier alpha value is -1.56. The molecule has 1 aromatic carbocycles. The average Bonchev–Trinajstić information content (AvgIpc) is 2.77. The summed E-state index contributed by atoms with van der Waals surface area (Å²) in [4.78, 5) is 11.1. The quantitative estimate of drug-likeness (QED) is 0.922. The van der Waals surface area contributed by atoms with Gasteiger partial charge in [-0.3, -0.25) is 10.2 Å². The summed E-state index contributed by atoms with van der Waals surface area (Å²) in [7, 11) is 0. The highest BCUT2D eigenvalue weighted by atomic mass is 19.4. The van der Waals surface area contributed by atoms with Gasteiger partial charge in [-0.2, -0.15) is 13.2 Å². The summed E-state index contributed by atoms with van der Waals surface area (Å²) in [6.07, 6.45) is -3.96. The number of carbonyl (C=O) groups is 1. The number of rotatable bonds is 4. The molecule has 0 aliphatic carbocycles. The van der Waals surface area contributed by atoms with Crippen molar-refractivity contribution in [3.05, 3.63) is 35.4 Å². The fourth-order valence-corrected chi connectivity index (χ4v) is 2.28. The first-order chi connectivity index (χ1) is 9.36. The molecule has 1 amide bonds. The molecule has 1 heterocycles. The lowest BCUT2D eigenvalue weighted by molar-refractivity contribution is -0.189. The fourth-order valence-electron chi connectivity index (χ4n) is 2.28. The fraction of sp³-hybridized carbons (Fsp3) is 0.500. The number of nitrogens with zero attached hydrogens (tertiary/aromatic N) is 1. The van der Waals surface area contributed by atoms with Crippen molar-refractivity contribution < 1.29 is 18.0 Å². The Bertz CT molecular complexity index is 470. The molecule has 2 rings (SSSR count). The van der Waals surface area contributed by atoms with Crippen LogP contribution in [-0.4, -0.2) is 29.7 Å². The minimum atomic E-state index is -4.34. The second-order valence-electron chi connectivity index (χ2n) is 5.06. The van der Waals surface area contributed by atoms with E-state index in [4.69, 9.17) is 0 Å². The summed E-state index contributed by atoms with van der Waals surface area (Å²) in [5, 5.41) is 1.01. The van der Waals surface area contributed by atoms with Crippen LogP contribution < -0.4 is 5.43 Å². The van der Waals surface area contributed by atoms with Crippen molar-refractivity contribution in [1.29, 1.82) is 0 Å². The molecule has 0 saturated carbocycles. The number of aryl methyl sites for hydroxylation is 2. The van der Waals surface area contributed by atoms with Crippen molar-refractivity contribution in [3.8, 4) is 0 Å². The molecule has 1 fully saturated rings. The van der Waals surface area contributed by atoms with E-state index in [2.05, 4.69) is 5.43 Å². The minimum absolute atomic E-state index is 0.0627. The van der Waals surface area contributed by atoms with Crippen LogP contribution in [0.5, 0.6) is 0 Å². The molecule has 0 radical (unpaired) electrons. The molecule has 1 atom stereocenters. The van der Waals surface area contributed by atoms with Crippen LogP contribution in [0.1, 0.15) is 24.0 Å². The second-order valence-corrected chi connectivity index (χ2v) is 5.06. The van der Waals surface area contributed by atoms with Gasteiger partial charge in [-0.1, -0.05) is 29.8 Å². The Morgan fingerprint density at radius 2 is 1.95 bits per heavy atom. The van der Waals surface area contributed by atoms with Gasteiger partial charge in [0, 0.05) is 13.0 Å². The summed E-state index contributed by atoms with van der Waals surface area (Å²) in [6.45, 7) is 2.04. The maximum Gasteiger partial charge on any atom is 0.405 e. The van der Waals surface area contributed by atoms with Gasteiger partial charge >= 0.3 is 6.18 Å². The molecule has 6 heteroatoms. The zero-order valence-corrected chi connectivity index (χ0v) is 11.2. The molecule has 1 aliphatic rings. The largest absolute Gasteiger partial charge is 0.405 e. The third-order valence-corrected chi connectivity index (χ3v) is 3.43. The van der Waals surface area contributed by atoms with Crippen molar-refractivity contribution in [2.45, 2.75) is 38.4 Å². The Morgan fingerprint density at radius 1 is 1.30 bits per heavy atom. The number of carbonyl (C=O) groups excluding carboxylic acids is 1. The first-order valence-electron chi connectivity index (χ1n) is 6.54. The Labute approximate surface area is 115 Å². The molecule has 1 aliphatic heterocycles. The van der Waals surface area contributed by atoms with Gasteiger partial charge in [0.15, 0.2) is 0 Å². The molecular weight excluding hydrogens is 269 g/mol. The number of hydrogen-bond donors (Lipinski definition) is 1. The van der Waals surface area contributed by atoms with E-state index in [1.54, 1.807) is 0 Å². The summed E-state index contributed by atoms with van der Waals surface area (Å²) in [5.74, 6) is -0.352. The topological polar surface area (TPSA) is 32.3 Å². The molecule has 1 aromatic rings. The highest BCUT2D eigenvalue weighted by molar-refractivity contribution is 5.77. The molecule has 0 spiro atoms. The SMILES string of the molecule is Cc1ccc(CCC(N2CCC(=O)N2)C(F)(F)F)cc1. The number of hydrogen-bond acceptors (Lipinski definition) is 2. The van der Waals surface area contributed by atoms with Crippen LogP contribution in [0, 0.1) is 6.92 Å². The van der Waals surface area contributed by atoms with E-state index in [-0.39, 0.29) is 25.3 Å². The molecule has 1 saturated heterocycles. The van der Waals surface area contributed by atoms with E-state index in [1.165, 1.54) is 0 Å². The van der Waals surface area contributed by atoms with Crippen molar-refractivity contribution >= 4 is 5.91 Å². The third kappa shape index (κ3) is 3.72.